The summed E-state index contributed by atoms with van der Waals surface area (Å²) < 4.78 is 0. The van der Waals surface area contributed by atoms with Crippen LogP contribution in [0.4, 0.5) is 0 Å². The molecule has 0 saturated carbocycles. The van der Waals surface area contributed by atoms with Crippen molar-refractivity contribution in [3.8, 4) is 0 Å². The SMILES string of the molecule is C=C(C[P+](CCCC)(CCCC)CCCC)c1ccccc1. The Hall–Kier alpha value is -0.610. The summed E-state index contributed by atoms with van der Waals surface area (Å²) in [6.45, 7) is 11.5. The third-order valence-electron chi connectivity index (χ3n) is 4.67. The van der Waals surface area contributed by atoms with Gasteiger partial charge in [-0.15, -0.1) is 0 Å². The first-order valence-electron chi connectivity index (χ1n) is 9.25. The van der Waals surface area contributed by atoms with Gasteiger partial charge in [-0.3, -0.25) is 0 Å². The fourth-order valence-corrected chi connectivity index (χ4v) is 8.32. The summed E-state index contributed by atoms with van der Waals surface area (Å²) in [4.78, 5) is 0. The van der Waals surface area contributed by atoms with Crippen LogP contribution in [0.5, 0.6) is 0 Å². The third kappa shape index (κ3) is 6.66. The van der Waals surface area contributed by atoms with Crippen LogP contribution in [0.1, 0.15) is 64.9 Å². The summed E-state index contributed by atoms with van der Waals surface area (Å²) in [5.41, 5.74) is 2.74. The molecule has 0 aliphatic carbocycles. The van der Waals surface area contributed by atoms with Crippen molar-refractivity contribution in [3.63, 3.8) is 0 Å². The Morgan fingerprint density at radius 3 is 1.68 bits per heavy atom. The molecule has 0 amide bonds. The van der Waals surface area contributed by atoms with Gasteiger partial charge in [0.1, 0.15) is 0 Å². The molecular formula is C21H36P+. The van der Waals surface area contributed by atoms with Crippen LogP contribution in [-0.2, 0) is 0 Å². The van der Waals surface area contributed by atoms with Crippen LogP contribution < -0.4 is 0 Å². The topological polar surface area (TPSA) is 0 Å². The number of hydrogen-bond donors (Lipinski definition) is 0. The molecule has 0 aliphatic rings. The number of benzene rings is 1. The second-order valence-electron chi connectivity index (χ2n) is 6.70. The van der Waals surface area contributed by atoms with Gasteiger partial charge in [0.2, 0.25) is 0 Å². The molecule has 1 heteroatoms. The van der Waals surface area contributed by atoms with E-state index in [-0.39, 0.29) is 0 Å². The van der Waals surface area contributed by atoms with Crippen LogP contribution in [0.3, 0.4) is 0 Å². The highest BCUT2D eigenvalue weighted by atomic mass is 31.2. The molecule has 0 fully saturated rings. The van der Waals surface area contributed by atoms with E-state index in [2.05, 4.69) is 57.7 Å². The summed E-state index contributed by atoms with van der Waals surface area (Å²) in [7, 11) is -0.867. The lowest BCUT2D eigenvalue weighted by molar-refractivity contribution is 0.836. The predicted molar refractivity (Wildman–Crippen MR) is 107 cm³/mol. The van der Waals surface area contributed by atoms with Crippen molar-refractivity contribution >= 4 is 12.8 Å². The van der Waals surface area contributed by atoms with Crippen LogP contribution in [0.25, 0.3) is 5.57 Å². The van der Waals surface area contributed by atoms with Gasteiger partial charge in [0, 0.05) is 7.26 Å². The zero-order valence-electron chi connectivity index (χ0n) is 15.1. The molecule has 0 saturated heterocycles. The Morgan fingerprint density at radius 1 is 0.818 bits per heavy atom. The van der Waals surface area contributed by atoms with E-state index in [1.54, 1.807) is 0 Å². The molecule has 1 rings (SSSR count). The Kier molecular flexibility index (Phi) is 9.73. The molecule has 0 atom stereocenters. The summed E-state index contributed by atoms with van der Waals surface area (Å²) in [5.74, 6) is 0. The molecule has 22 heavy (non-hydrogen) atoms. The van der Waals surface area contributed by atoms with Gasteiger partial charge in [0.15, 0.2) is 0 Å². The highest BCUT2D eigenvalue weighted by Crippen LogP contribution is 2.62. The van der Waals surface area contributed by atoms with Gasteiger partial charge in [0.05, 0.1) is 24.6 Å². The normalized spacial score (nSPS) is 11.6. The highest BCUT2D eigenvalue weighted by Gasteiger charge is 2.36. The average molecular weight is 319 g/mol. The van der Waals surface area contributed by atoms with Crippen LogP contribution in [0.2, 0.25) is 0 Å². The summed E-state index contributed by atoms with van der Waals surface area (Å²) in [6, 6.07) is 10.9. The largest absolute Gasteiger partial charge is 0.0916 e. The first-order valence-corrected chi connectivity index (χ1v) is 11.8. The van der Waals surface area contributed by atoms with E-state index < -0.39 is 7.26 Å². The lowest BCUT2D eigenvalue weighted by Gasteiger charge is -2.29. The standard InChI is InChI=1S/C21H36P/c1-5-8-16-22(17-9-6-2,18-10-7-3)19-20(4)21-14-12-11-13-15-21/h11-15H,4-10,16-19H2,1-3H3/q+1. The van der Waals surface area contributed by atoms with E-state index in [9.17, 15) is 0 Å². The molecule has 1 aromatic rings. The minimum atomic E-state index is -0.867. The maximum absolute atomic E-state index is 4.46. The minimum Gasteiger partial charge on any atom is -0.0916 e. The van der Waals surface area contributed by atoms with Crippen molar-refractivity contribution in [2.75, 3.05) is 24.6 Å². The Morgan fingerprint density at radius 2 is 1.27 bits per heavy atom. The van der Waals surface area contributed by atoms with Crippen LogP contribution in [-0.4, -0.2) is 24.6 Å². The van der Waals surface area contributed by atoms with Crippen molar-refractivity contribution in [2.24, 2.45) is 0 Å². The smallest absolute Gasteiger partial charge is 0.0842 e. The molecule has 0 aromatic heterocycles. The quantitative estimate of drug-likeness (QED) is 0.360. The zero-order chi connectivity index (χ0) is 16.3. The molecule has 0 bridgehead atoms. The summed E-state index contributed by atoms with van der Waals surface area (Å²) >= 11 is 0. The van der Waals surface area contributed by atoms with E-state index in [1.807, 2.05) is 0 Å². The summed E-state index contributed by atoms with van der Waals surface area (Å²) in [6.07, 6.45) is 13.9. The van der Waals surface area contributed by atoms with E-state index in [1.165, 1.54) is 74.3 Å². The van der Waals surface area contributed by atoms with E-state index in [0.717, 1.165) is 0 Å². The Bertz CT molecular complexity index is 385. The van der Waals surface area contributed by atoms with E-state index in [4.69, 9.17) is 0 Å². The molecule has 0 spiro atoms. The molecule has 0 N–H and O–H groups in total. The molecule has 1 aromatic carbocycles. The maximum atomic E-state index is 4.46. The van der Waals surface area contributed by atoms with Crippen LogP contribution in [0, 0.1) is 0 Å². The van der Waals surface area contributed by atoms with E-state index in [0.29, 0.717) is 0 Å². The van der Waals surface area contributed by atoms with Gasteiger partial charge in [-0.2, -0.15) is 0 Å². The highest BCUT2D eigenvalue weighted by molar-refractivity contribution is 7.76. The lowest BCUT2D eigenvalue weighted by Crippen LogP contribution is -2.13. The summed E-state index contributed by atoms with van der Waals surface area (Å²) in [5, 5.41) is 0. The third-order valence-corrected chi connectivity index (χ3v) is 9.51. The van der Waals surface area contributed by atoms with Gasteiger partial charge < -0.3 is 0 Å². The first kappa shape index (κ1) is 19.4. The van der Waals surface area contributed by atoms with Gasteiger partial charge >= 0.3 is 0 Å². The number of rotatable bonds is 12. The average Bonchev–Trinajstić information content (AvgIpc) is 2.56. The van der Waals surface area contributed by atoms with Gasteiger partial charge in [-0.1, -0.05) is 76.9 Å². The van der Waals surface area contributed by atoms with Crippen molar-refractivity contribution in [1.29, 1.82) is 0 Å². The zero-order valence-corrected chi connectivity index (χ0v) is 16.0. The lowest BCUT2D eigenvalue weighted by atomic mass is 10.1. The van der Waals surface area contributed by atoms with Crippen molar-refractivity contribution in [1.82, 2.24) is 0 Å². The number of hydrogen-bond acceptors (Lipinski definition) is 0. The fraction of sp³-hybridized carbons (Fsp3) is 0.619. The minimum absolute atomic E-state index is 0.867. The molecule has 0 nitrogen and oxygen atoms in total. The molecule has 0 aliphatic heterocycles. The Labute approximate surface area is 139 Å². The van der Waals surface area contributed by atoms with Gasteiger partial charge in [-0.05, 0) is 30.4 Å². The fourth-order valence-electron chi connectivity index (χ4n) is 3.22. The van der Waals surface area contributed by atoms with Crippen LogP contribution in [0.15, 0.2) is 36.9 Å². The number of unbranched alkanes of at least 4 members (excludes halogenated alkanes) is 3. The van der Waals surface area contributed by atoms with E-state index >= 15 is 0 Å². The molecule has 124 valence electrons. The van der Waals surface area contributed by atoms with Crippen molar-refractivity contribution in [2.45, 2.75) is 59.3 Å². The molecule has 0 radical (unpaired) electrons. The van der Waals surface area contributed by atoms with Gasteiger partial charge in [-0.25, -0.2) is 0 Å². The maximum Gasteiger partial charge on any atom is 0.0842 e. The Balaban J connectivity index is 2.86. The van der Waals surface area contributed by atoms with Crippen molar-refractivity contribution < 1.29 is 0 Å². The van der Waals surface area contributed by atoms with Crippen molar-refractivity contribution in [3.05, 3.63) is 42.5 Å². The number of allylic oxidation sites excluding steroid dienone is 1. The predicted octanol–water partition coefficient (Wildman–Crippen LogP) is 7.12. The molecule has 0 heterocycles. The van der Waals surface area contributed by atoms with Crippen LogP contribution >= 0.6 is 7.26 Å². The molecule has 0 unspecified atom stereocenters. The second kappa shape index (κ2) is 11.0. The first-order chi connectivity index (χ1) is 10.7. The monoisotopic (exact) mass is 319 g/mol. The molecular weight excluding hydrogens is 283 g/mol. The second-order valence-corrected chi connectivity index (χ2v) is 11.0. The van der Waals surface area contributed by atoms with Gasteiger partial charge in [0.25, 0.3) is 0 Å².